The molecule has 6 nitrogen and oxygen atoms in total. The molecule has 0 aromatic heterocycles. The maximum atomic E-state index is 11.3. The standard InChI is InChI=1S/C13H17N3O3/c1-2-18-11-6-3-4-7-12(11)19-10-16-13(17)15-9-5-8-14/h3-4,6-7H,2,5,9-10H2,1H3,(H2,15,16,17). The van der Waals surface area contributed by atoms with Gasteiger partial charge in [-0.15, -0.1) is 0 Å². The molecule has 19 heavy (non-hydrogen) atoms. The smallest absolute Gasteiger partial charge is 0.317 e. The highest BCUT2D eigenvalue weighted by Crippen LogP contribution is 2.25. The van der Waals surface area contributed by atoms with E-state index in [2.05, 4.69) is 10.6 Å². The summed E-state index contributed by atoms with van der Waals surface area (Å²) in [6, 6.07) is 8.80. The summed E-state index contributed by atoms with van der Waals surface area (Å²) in [5.74, 6) is 1.21. The van der Waals surface area contributed by atoms with E-state index >= 15 is 0 Å². The SMILES string of the molecule is CCOc1ccccc1OCNC(=O)NCCC#N. The summed E-state index contributed by atoms with van der Waals surface area (Å²) in [5, 5.41) is 13.4. The van der Waals surface area contributed by atoms with Gasteiger partial charge in [0.05, 0.1) is 19.1 Å². The van der Waals surface area contributed by atoms with Crippen LogP contribution in [-0.2, 0) is 0 Å². The van der Waals surface area contributed by atoms with E-state index < -0.39 is 0 Å². The molecule has 102 valence electrons. The number of hydrogen-bond donors (Lipinski definition) is 2. The molecule has 0 aliphatic rings. The number of carbonyl (C=O) groups is 1. The molecule has 6 heteroatoms. The Labute approximate surface area is 112 Å². The molecule has 0 unspecified atom stereocenters. The van der Waals surface area contributed by atoms with E-state index in [-0.39, 0.29) is 19.2 Å². The fraction of sp³-hybridized carbons (Fsp3) is 0.385. The summed E-state index contributed by atoms with van der Waals surface area (Å²) in [5.41, 5.74) is 0. The molecule has 0 atom stereocenters. The lowest BCUT2D eigenvalue weighted by Gasteiger charge is -2.12. The van der Waals surface area contributed by atoms with Crippen LogP contribution in [0.15, 0.2) is 24.3 Å². The van der Waals surface area contributed by atoms with Gasteiger partial charge in [-0.1, -0.05) is 12.1 Å². The molecule has 0 fully saturated rings. The zero-order valence-electron chi connectivity index (χ0n) is 10.8. The molecule has 1 aromatic carbocycles. The molecule has 0 aliphatic carbocycles. The lowest BCUT2D eigenvalue weighted by atomic mass is 10.3. The van der Waals surface area contributed by atoms with Crippen LogP contribution in [0.2, 0.25) is 0 Å². The Morgan fingerprint density at radius 2 is 1.95 bits per heavy atom. The third-order valence-corrected chi connectivity index (χ3v) is 2.13. The minimum atomic E-state index is -0.371. The molecular formula is C13H17N3O3. The fourth-order valence-corrected chi connectivity index (χ4v) is 1.32. The molecule has 0 heterocycles. The number of urea groups is 1. The van der Waals surface area contributed by atoms with Crippen molar-refractivity contribution in [1.82, 2.24) is 10.6 Å². The highest BCUT2D eigenvalue weighted by Gasteiger charge is 2.04. The molecule has 0 aliphatic heterocycles. The molecule has 2 N–H and O–H groups in total. The Bertz CT molecular complexity index is 443. The third kappa shape index (κ3) is 5.64. The van der Waals surface area contributed by atoms with Gasteiger partial charge in [0.15, 0.2) is 18.2 Å². The topological polar surface area (TPSA) is 83.4 Å². The van der Waals surface area contributed by atoms with Crippen LogP contribution in [0.4, 0.5) is 4.79 Å². The minimum Gasteiger partial charge on any atom is -0.490 e. The summed E-state index contributed by atoms with van der Waals surface area (Å²) in [6.45, 7) is 2.78. The number of nitrogens with zero attached hydrogens (tertiary/aromatic N) is 1. The third-order valence-electron chi connectivity index (χ3n) is 2.13. The predicted octanol–water partition coefficient (Wildman–Crippen LogP) is 1.63. The Morgan fingerprint density at radius 3 is 2.58 bits per heavy atom. The number of nitrogens with one attached hydrogen (secondary N) is 2. The number of para-hydroxylation sites is 2. The van der Waals surface area contributed by atoms with Crippen LogP contribution in [0.5, 0.6) is 11.5 Å². The van der Waals surface area contributed by atoms with Gasteiger partial charge < -0.3 is 20.1 Å². The Balaban J connectivity index is 2.33. The minimum absolute atomic E-state index is 0.0302. The van der Waals surface area contributed by atoms with Crippen LogP contribution >= 0.6 is 0 Å². The van der Waals surface area contributed by atoms with E-state index in [0.29, 0.717) is 24.7 Å². The van der Waals surface area contributed by atoms with E-state index in [0.717, 1.165) is 0 Å². The Kier molecular flexibility index (Phi) is 6.66. The summed E-state index contributed by atoms with van der Waals surface area (Å²) in [4.78, 5) is 11.3. The molecule has 1 rings (SSSR count). The van der Waals surface area contributed by atoms with Crippen LogP contribution in [-0.4, -0.2) is 25.9 Å². The first-order valence-corrected chi connectivity index (χ1v) is 6.01. The molecule has 0 spiro atoms. The van der Waals surface area contributed by atoms with Crippen molar-refractivity contribution >= 4 is 6.03 Å². The zero-order chi connectivity index (χ0) is 13.9. The first-order valence-electron chi connectivity index (χ1n) is 6.01. The quantitative estimate of drug-likeness (QED) is 0.578. The first-order chi connectivity index (χ1) is 9.27. The van der Waals surface area contributed by atoms with Crippen LogP contribution < -0.4 is 20.1 Å². The summed E-state index contributed by atoms with van der Waals surface area (Å²) in [6.07, 6.45) is 0.279. The van der Waals surface area contributed by atoms with Crippen LogP contribution in [0, 0.1) is 11.3 Å². The van der Waals surface area contributed by atoms with Crippen molar-refractivity contribution in [3.63, 3.8) is 0 Å². The van der Waals surface area contributed by atoms with E-state index in [4.69, 9.17) is 14.7 Å². The number of ether oxygens (including phenoxy) is 2. The highest BCUT2D eigenvalue weighted by molar-refractivity contribution is 5.73. The van der Waals surface area contributed by atoms with Gasteiger partial charge in [0.1, 0.15) is 0 Å². The van der Waals surface area contributed by atoms with Gasteiger partial charge in [-0.3, -0.25) is 0 Å². The van der Waals surface area contributed by atoms with E-state index in [9.17, 15) is 4.79 Å². The Morgan fingerprint density at radius 1 is 1.26 bits per heavy atom. The van der Waals surface area contributed by atoms with Crippen molar-refractivity contribution in [2.45, 2.75) is 13.3 Å². The van der Waals surface area contributed by atoms with Gasteiger partial charge in [-0.05, 0) is 19.1 Å². The average molecular weight is 263 g/mol. The lowest BCUT2D eigenvalue weighted by Crippen LogP contribution is -2.38. The number of nitriles is 1. The monoisotopic (exact) mass is 263 g/mol. The molecular weight excluding hydrogens is 246 g/mol. The predicted molar refractivity (Wildman–Crippen MR) is 69.9 cm³/mol. The van der Waals surface area contributed by atoms with Gasteiger partial charge in [0.25, 0.3) is 0 Å². The highest BCUT2D eigenvalue weighted by atomic mass is 16.5. The lowest BCUT2D eigenvalue weighted by molar-refractivity contribution is 0.220. The van der Waals surface area contributed by atoms with Gasteiger partial charge >= 0.3 is 6.03 Å². The van der Waals surface area contributed by atoms with Crippen molar-refractivity contribution in [2.75, 3.05) is 19.9 Å². The zero-order valence-corrected chi connectivity index (χ0v) is 10.8. The van der Waals surface area contributed by atoms with Gasteiger partial charge in [-0.2, -0.15) is 5.26 Å². The second-order valence-electron chi connectivity index (χ2n) is 3.51. The van der Waals surface area contributed by atoms with E-state index in [1.165, 1.54) is 0 Å². The van der Waals surface area contributed by atoms with Crippen molar-refractivity contribution < 1.29 is 14.3 Å². The summed E-state index contributed by atoms with van der Waals surface area (Å²) >= 11 is 0. The second-order valence-corrected chi connectivity index (χ2v) is 3.51. The van der Waals surface area contributed by atoms with E-state index in [1.54, 1.807) is 12.1 Å². The molecule has 0 saturated heterocycles. The summed E-state index contributed by atoms with van der Waals surface area (Å²) in [7, 11) is 0. The van der Waals surface area contributed by atoms with Crippen LogP contribution in [0.3, 0.4) is 0 Å². The number of rotatable bonds is 7. The average Bonchev–Trinajstić information content (AvgIpc) is 2.41. The molecule has 0 bridgehead atoms. The van der Waals surface area contributed by atoms with Crippen LogP contribution in [0.1, 0.15) is 13.3 Å². The van der Waals surface area contributed by atoms with Gasteiger partial charge in [0.2, 0.25) is 0 Å². The number of amides is 2. The van der Waals surface area contributed by atoms with Crippen molar-refractivity contribution in [1.29, 1.82) is 5.26 Å². The molecule has 2 amide bonds. The maximum absolute atomic E-state index is 11.3. The largest absolute Gasteiger partial charge is 0.490 e. The first kappa shape index (κ1) is 14.6. The van der Waals surface area contributed by atoms with Crippen molar-refractivity contribution in [3.8, 4) is 17.6 Å². The summed E-state index contributed by atoms with van der Waals surface area (Å²) < 4.78 is 10.8. The normalized spacial score (nSPS) is 9.26. The van der Waals surface area contributed by atoms with Gasteiger partial charge in [-0.25, -0.2) is 4.79 Å². The maximum Gasteiger partial charge on any atom is 0.317 e. The molecule has 0 radical (unpaired) electrons. The molecule has 0 saturated carbocycles. The van der Waals surface area contributed by atoms with E-state index in [1.807, 2.05) is 25.1 Å². The van der Waals surface area contributed by atoms with Gasteiger partial charge in [0, 0.05) is 6.54 Å². The molecule has 1 aromatic rings. The number of benzene rings is 1. The number of hydrogen-bond acceptors (Lipinski definition) is 4. The van der Waals surface area contributed by atoms with Crippen LogP contribution in [0.25, 0.3) is 0 Å². The van der Waals surface area contributed by atoms with Crippen molar-refractivity contribution in [3.05, 3.63) is 24.3 Å². The Hall–Kier alpha value is -2.42. The fourth-order valence-electron chi connectivity index (χ4n) is 1.32. The van der Waals surface area contributed by atoms with Crippen molar-refractivity contribution in [2.24, 2.45) is 0 Å². The number of carbonyl (C=O) groups excluding carboxylic acids is 1. The second kappa shape index (κ2) is 8.64.